The van der Waals surface area contributed by atoms with Crippen LogP contribution in [-0.4, -0.2) is 29.7 Å². The maximum Gasteiger partial charge on any atom is 0.411 e. The fraction of sp³-hybridized carbons (Fsp3) is 0.0952. The van der Waals surface area contributed by atoms with E-state index >= 15 is 26.3 Å². The molecule has 0 aliphatic heterocycles. The fourth-order valence-electron chi connectivity index (χ4n) is 8.68. The van der Waals surface area contributed by atoms with Crippen LogP contribution in [0.4, 0.5) is 26.3 Å². The molecule has 0 saturated heterocycles. The van der Waals surface area contributed by atoms with Crippen molar-refractivity contribution in [3.63, 3.8) is 0 Å². The Morgan fingerprint density at radius 1 is 0.360 bits per heavy atom. The molecule has 9 aromatic rings. The van der Waals surface area contributed by atoms with E-state index < -0.39 is 28.9 Å². The van der Waals surface area contributed by atoms with E-state index in [1.165, 1.54) is 48.5 Å². The second kappa shape index (κ2) is 21.2. The molecule has 0 atom stereocenters. The summed E-state index contributed by atoms with van der Waals surface area (Å²) in [6.45, 7) is 3.78. The lowest BCUT2D eigenvalue weighted by Gasteiger charge is -2.38. The van der Waals surface area contributed by atoms with Gasteiger partial charge >= 0.3 is 12.4 Å². The second-order valence-corrected chi connectivity index (χ2v) is 17.9. The third kappa shape index (κ3) is 11.2. The van der Waals surface area contributed by atoms with Crippen molar-refractivity contribution in [2.75, 3.05) is 0 Å². The summed E-state index contributed by atoms with van der Waals surface area (Å²) in [5, 5.41) is 0. The van der Waals surface area contributed by atoms with Crippen LogP contribution in [-0.2, 0) is 11.8 Å². The zero-order chi connectivity index (χ0) is 52.9. The standard InChI is InChI=1S/C63H44F6O6/c1-40-8-14-44(15-9-40)58(70)46-18-28-53(29-19-46)74-55-34-24-49(25-35-55)61(62(64,65)66,63(67,68)69)50-26-36-56(37-27-50)75-54-30-20-47(21-31-54)59(71)45-16-12-42(13-17-45)38-43-11-10-41(2)57(39-43)60(72)48-22-32-52(33-23-48)73-51-6-4-3-5-7-51/h3-37,39H,38H2,1-2H3. The topological polar surface area (TPSA) is 78.9 Å². The largest absolute Gasteiger partial charge is 0.457 e. The highest BCUT2D eigenvalue weighted by atomic mass is 19.4. The molecule has 374 valence electrons. The van der Waals surface area contributed by atoms with Crippen molar-refractivity contribution in [3.8, 4) is 34.5 Å². The molecule has 9 aromatic carbocycles. The van der Waals surface area contributed by atoms with Gasteiger partial charge in [0, 0.05) is 33.4 Å². The third-order valence-electron chi connectivity index (χ3n) is 12.7. The zero-order valence-electron chi connectivity index (χ0n) is 40.2. The molecule has 0 amide bonds. The van der Waals surface area contributed by atoms with Gasteiger partial charge in [-0.15, -0.1) is 0 Å². The van der Waals surface area contributed by atoms with Gasteiger partial charge in [0.05, 0.1) is 0 Å². The van der Waals surface area contributed by atoms with E-state index in [9.17, 15) is 14.4 Å². The number of aryl methyl sites for hydroxylation is 2. The van der Waals surface area contributed by atoms with Crippen LogP contribution < -0.4 is 14.2 Å². The lowest BCUT2D eigenvalue weighted by atomic mass is 9.73. The number of hydrogen-bond donors (Lipinski definition) is 0. The molecule has 0 aliphatic carbocycles. The molecular weight excluding hydrogens is 967 g/mol. The van der Waals surface area contributed by atoms with Crippen LogP contribution in [0.15, 0.2) is 218 Å². The predicted molar refractivity (Wildman–Crippen MR) is 274 cm³/mol. The minimum absolute atomic E-state index is 0.0295. The van der Waals surface area contributed by atoms with E-state index in [2.05, 4.69) is 0 Å². The molecule has 12 heteroatoms. The van der Waals surface area contributed by atoms with Gasteiger partial charge in [0.25, 0.3) is 0 Å². The van der Waals surface area contributed by atoms with Crippen LogP contribution in [0.3, 0.4) is 0 Å². The Balaban J connectivity index is 0.831. The number of alkyl halides is 6. The van der Waals surface area contributed by atoms with E-state index in [0.717, 1.165) is 70.8 Å². The number of halogens is 6. The number of ketones is 3. The van der Waals surface area contributed by atoms with Crippen molar-refractivity contribution >= 4 is 17.3 Å². The van der Waals surface area contributed by atoms with Gasteiger partial charge in [-0.05, 0) is 163 Å². The first-order valence-corrected chi connectivity index (χ1v) is 23.6. The summed E-state index contributed by atoms with van der Waals surface area (Å²) in [5.74, 6) is 0.965. The van der Waals surface area contributed by atoms with Crippen molar-refractivity contribution in [3.05, 3.63) is 285 Å². The predicted octanol–water partition coefficient (Wildman–Crippen LogP) is 16.4. The molecule has 0 saturated carbocycles. The van der Waals surface area contributed by atoms with Crippen molar-refractivity contribution < 1.29 is 54.9 Å². The van der Waals surface area contributed by atoms with E-state index in [-0.39, 0.29) is 40.3 Å². The quantitative estimate of drug-likeness (QED) is 0.0709. The minimum Gasteiger partial charge on any atom is -0.457 e. The lowest BCUT2D eigenvalue weighted by molar-refractivity contribution is -0.288. The normalized spacial score (nSPS) is 11.7. The minimum atomic E-state index is -5.83. The summed E-state index contributed by atoms with van der Waals surface area (Å²) in [6.07, 6.45) is -11.2. The fourth-order valence-corrected chi connectivity index (χ4v) is 8.68. The van der Waals surface area contributed by atoms with Crippen molar-refractivity contribution in [1.29, 1.82) is 0 Å². The number of hydrogen-bond acceptors (Lipinski definition) is 6. The smallest absolute Gasteiger partial charge is 0.411 e. The average Bonchev–Trinajstić information content (AvgIpc) is 3.41. The highest BCUT2D eigenvalue weighted by Crippen LogP contribution is 2.56. The molecule has 0 bridgehead atoms. The monoisotopic (exact) mass is 1010 g/mol. The summed E-state index contributed by atoms with van der Waals surface area (Å²) in [4.78, 5) is 40.0. The number of para-hydroxylation sites is 1. The Bertz CT molecular complexity index is 3450. The summed E-state index contributed by atoms with van der Waals surface area (Å²) in [5.41, 5.74) is -0.313. The van der Waals surface area contributed by atoms with Crippen LogP contribution in [0.25, 0.3) is 0 Å². The number of carbonyl (C=O) groups excluding carboxylic acids is 3. The van der Waals surface area contributed by atoms with Crippen LogP contribution in [0.1, 0.15) is 81.1 Å². The molecule has 0 spiro atoms. The SMILES string of the molecule is Cc1ccc(C(=O)c2ccc(Oc3ccc(C(c4ccc(Oc5ccc(C(=O)c6ccc(Cc7ccc(C)c(C(=O)c8ccc(Oc9ccccc9)cc8)c7)cc6)cc5)cc4)(C(F)(F)F)C(F)(F)F)cc3)cc2)cc1. The van der Waals surface area contributed by atoms with Gasteiger partial charge < -0.3 is 14.2 Å². The van der Waals surface area contributed by atoms with Crippen LogP contribution in [0, 0.1) is 13.8 Å². The van der Waals surface area contributed by atoms with Gasteiger partial charge in [-0.25, -0.2) is 0 Å². The molecule has 0 heterocycles. The molecule has 6 nitrogen and oxygen atoms in total. The molecular formula is C63H44F6O6. The first kappa shape index (κ1) is 50.9. The maximum absolute atomic E-state index is 15.0. The molecule has 75 heavy (non-hydrogen) atoms. The molecule has 0 aromatic heterocycles. The second-order valence-electron chi connectivity index (χ2n) is 17.9. The highest BCUT2D eigenvalue weighted by molar-refractivity contribution is 6.10. The molecule has 0 radical (unpaired) electrons. The van der Waals surface area contributed by atoms with Crippen LogP contribution in [0.2, 0.25) is 0 Å². The van der Waals surface area contributed by atoms with E-state index in [0.29, 0.717) is 51.3 Å². The van der Waals surface area contributed by atoms with Gasteiger partial charge in [0.15, 0.2) is 17.3 Å². The van der Waals surface area contributed by atoms with E-state index in [1.54, 1.807) is 48.5 Å². The number of carbonyl (C=O) groups is 3. The van der Waals surface area contributed by atoms with E-state index in [1.807, 2.05) is 86.6 Å². The van der Waals surface area contributed by atoms with Gasteiger partial charge in [0.1, 0.15) is 34.5 Å². The number of ether oxygens (including phenoxy) is 3. The highest BCUT2D eigenvalue weighted by Gasteiger charge is 2.72. The Morgan fingerprint density at radius 2 is 0.680 bits per heavy atom. The van der Waals surface area contributed by atoms with Gasteiger partial charge in [-0.1, -0.05) is 109 Å². The summed E-state index contributed by atoms with van der Waals surface area (Å²) in [6, 6.07) is 55.0. The first-order chi connectivity index (χ1) is 35.9. The molecule has 0 N–H and O–H groups in total. The van der Waals surface area contributed by atoms with Crippen molar-refractivity contribution in [2.45, 2.75) is 38.0 Å². The molecule has 0 unspecified atom stereocenters. The van der Waals surface area contributed by atoms with Crippen LogP contribution >= 0.6 is 0 Å². The van der Waals surface area contributed by atoms with Crippen LogP contribution in [0.5, 0.6) is 34.5 Å². The van der Waals surface area contributed by atoms with E-state index in [4.69, 9.17) is 14.2 Å². The average molecular weight is 1010 g/mol. The Morgan fingerprint density at radius 3 is 1.07 bits per heavy atom. The van der Waals surface area contributed by atoms with Gasteiger partial charge in [-0.3, -0.25) is 14.4 Å². The van der Waals surface area contributed by atoms with Crippen molar-refractivity contribution in [2.24, 2.45) is 0 Å². The third-order valence-corrected chi connectivity index (χ3v) is 12.7. The number of rotatable bonds is 16. The Hall–Kier alpha value is -9.03. The zero-order valence-corrected chi connectivity index (χ0v) is 40.2. The molecule has 0 aliphatic rings. The summed E-state index contributed by atoms with van der Waals surface area (Å²) >= 11 is 0. The summed E-state index contributed by atoms with van der Waals surface area (Å²) in [7, 11) is 0. The van der Waals surface area contributed by atoms with Gasteiger partial charge in [0.2, 0.25) is 5.41 Å². The lowest BCUT2D eigenvalue weighted by Crippen LogP contribution is -2.54. The maximum atomic E-state index is 15.0. The Kier molecular flexibility index (Phi) is 14.4. The molecule has 0 fully saturated rings. The van der Waals surface area contributed by atoms with Gasteiger partial charge in [-0.2, -0.15) is 26.3 Å². The summed E-state index contributed by atoms with van der Waals surface area (Å²) < 4.78 is 107. The van der Waals surface area contributed by atoms with Crippen molar-refractivity contribution in [1.82, 2.24) is 0 Å². The first-order valence-electron chi connectivity index (χ1n) is 23.6. The molecule has 9 rings (SSSR count). The number of benzene rings is 9. The Labute approximate surface area is 428 Å².